The quantitative estimate of drug-likeness (QED) is 0.742. The maximum Gasteiger partial charge on any atom is 0.254 e. The number of hydrogen-bond donors (Lipinski definition) is 1. The Balaban J connectivity index is 1.38. The van der Waals surface area contributed by atoms with Crippen LogP contribution in [0, 0.1) is 11.8 Å². The Hall–Kier alpha value is -3.22. The Kier molecular flexibility index (Phi) is 4.30. The third-order valence-corrected chi connectivity index (χ3v) is 5.98. The number of likely N-dealkylation sites (tertiary alicyclic amines) is 1. The maximum atomic E-state index is 13.3. The Morgan fingerprint density at radius 3 is 2.83 bits per heavy atom. The van der Waals surface area contributed by atoms with Crippen molar-refractivity contribution in [1.29, 1.82) is 0 Å². The molecular formula is C22H23N5O2. The van der Waals surface area contributed by atoms with Gasteiger partial charge in [-0.15, -0.1) is 10.2 Å². The van der Waals surface area contributed by atoms with E-state index in [4.69, 9.17) is 0 Å². The number of pyridine rings is 1. The second-order valence-corrected chi connectivity index (χ2v) is 8.03. The molecule has 5 rings (SSSR count). The molecule has 0 bridgehead atoms. The summed E-state index contributed by atoms with van der Waals surface area (Å²) in [5.41, 5.74) is 2.02. The summed E-state index contributed by atoms with van der Waals surface area (Å²) in [6.45, 7) is 2.76. The van der Waals surface area contributed by atoms with Crippen LogP contribution in [0.4, 0.5) is 5.69 Å². The molecule has 3 unspecified atom stereocenters. The molecule has 1 N–H and O–H groups in total. The molecule has 0 radical (unpaired) electrons. The molecule has 3 heterocycles. The summed E-state index contributed by atoms with van der Waals surface area (Å²) in [5, 5.41) is 11.5. The van der Waals surface area contributed by atoms with Crippen molar-refractivity contribution in [2.24, 2.45) is 11.8 Å². The first-order valence-corrected chi connectivity index (χ1v) is 10.1. The number of hydrogen-bond acceptors (Lipinski definition) is 4. The summed E-state index contributed by atoms with van der Waals surface area (Å²) >= 11 is 0. The second kappa shape index (κ2) is 6.99. The number of nitrogens with zero attached hydrogens (tertiary/aromatic N) is 4. The zero-order valence-corrected chi connectivity index (χ0v) is 16.3. The average Bonchev–Trinajstić information content (AvgIpc) is 3.13. The number of carbonyl (C=O) groups is 2. The van der Waals surface area contributed by atoms with Crippen molar-refractivity contribution in [1.82, 2.24) is 19.5 Å². The molecule has 2 aliphatic rings. The van der Waals surface area contributed by atoms with Gasteiger partial charge >= 0.3 is 0 Å². The summed E-state index contributed by atoms with van der Waals surface area (Å²) in [6.07, 6.45) is 4.65. The number of nitrogens with one attached hydrogen (secondary N) is 1. The fourth-order valence-electron chi connectivity index (χ4n) is 4.18. The van der Waals surface area contributed by atoms with Crippen LogP contribution in [0.3, 0.4) is 0 Å². The lowest BCUT2D eigenvalue weighted by atomic mass is 10.1. The summed E-state index contributed by atoms with van der Waals surface area (Å²) in [4.78, 5) is 27.4. The van der Waals surface area contributed by atoms with Crippen molar-refractivity contribution in [3.05, 3.63) is 60.0 Å². The predicted molar refractivity (Wildman–Crippen MR) is 108 cm³/mol. The van der Waals surface area contributed by atoms with Gasteiger partial charge in [0, 0.05) is 29.9 Å². The van der Waals surface area contributed by atoms with Crippen molar-refractivity contribution in [3.63, 3.8) is 0 Å². The number of fused-ring (bicyclic) bond motifs is 1. The van der Waals surface area contributed by atoms with Gasteiger partial charge < -0.3 is 10.2 Å². The Morgan fingerprint density at radius 1 is 1.14 bits per heavy atom. The lowest BCUT2D eigenvalue weighted by molar-refractivity contribution is -0.117. The summed E-state index contributed by atoms with van der Waals surface area (Å²) < 4.78 is 1.95. The Labute approximate surface area is 168 Å². The van der Waals surface area contributed by atoms with Crippen LogP contribution in [-0.4, -0.2) is 37.9 Å². The SMILES string of the molecule is CC1CC1C(=O)Nc1cccc(C(=O)N2CCCC2c2nnc3ccccn23)c1. The third kappa shape index (κ3) is 3.26. The van der Waals surface area contributed by atoms with Crippen LogP contribution < -0.4 is 5.32 Å². The minimum Gasteiger partial charge on any atom is -0.328 e. The number of anilines is 1. The van der Waals surface area contributed by atoms with Crippen molar-refractivity contribution < 1.29 is 9.59 Å². The van der Waals surface area contributed by atoms with Gasteiger partial charge in [0.15, 0.2) is 11.5 Å². The lowest BCUT2D eigenvalue weighted by Gasteiger charge is -2.24. The molecule has 1 aliphatic carbocycles. The minimum absolute atomic E-state index is 0.0380. The molecular weight excluding hydrogens is 366 g/mol. The number of benzene rings is 1. The summed E-state index contributed by atoms with van der Waals surface area (Å²) in [7, 11) is 0. The van der Waals surface area contributed by atoms with E-state index in [1.807, 2.05) is 45.8 Å². The van der Waals surface area contributed by atoms with Crippen molar-refractivity contribution in [2.75, 3.05) is 11.9 Å². The number of carbonyl (C=O) groups excluding carboxylic acids is 2. The monoisotopic (exact) mass is 389 g/mol. The highest BCUT2D eigenvalue weighted by molar-refractivity contribution is 5.98. The van der Waals surface area contributed by atoms with Crippen molar-refractivity contribution in [2.45, 2.75) is 32.2 Å². The summed E-state index contributed by atoms with van der Waals surface area (Å²) in [5.74, 6) is 1.33. The highest BCUT2D eigenvalue weighted by Gasteiger charge is 2.39. The Morgan fingerprint density at radius 2 is 2.00 bits per heavy atom. The lowest BCUT2D eigenvalue weighted by Crippen LogP contribution is -2.31. The highest BCUT2D eigenvalue weighted by atomic mass is 16.2. The van der Waals surface area contributed by atoms with Crippen LogP contribution in [0.5, 0.6) is 0 Å². The van der Waals surface area contributed by atoms with Crippen LogP contribution in [0.15, 0.2) is 48.7 Å². The fourth-order valence-corrected chi connectivity index (χ4v) is 4.18. The molecule has 1 aromatic carbocycles. The topological polar surface area (TPSA) is 79.6 Å². The first kappa shape index (κ1) is 17.8. The zero-order chi connectivity index (χ0) is 20.0. The van der Waals surface area contributed by atoms with E-state index >= 15 is 0 Å². The number of amides is 2. The van der Waals surface area contributed by atoms with Gasteiger partial charge in [-0.05, 0) is 55.5 Å². The molecule has 3 atom stereocenters. The van der Waals surface area contributed by atoms with Gasteiger partial charge in [0.25, 0.3) is 5.91 Å². The second-order valence-electron chi connectivity index (χ2n) is 8.03. The van der Waals surface area contributed by atoms with Gasteiger partial charge in [0.2, 0.25) is 5.91 Å². The van der Waals surface area contributed by atoms with E-state index in [1.54, 1.807) is 12.1 Å². The minimum atomic E-state index is -0.106. The standard InChI is InChI=1S/C22H23N5O2/c1-14-12-17(14)21(28)23-16-7-4-6-15(13-16)22(29)26-11-5-8-18(26)20-25-24-19-9-2-3-10-27(19)20/h2-4,6-7,9-10,13-14,17-18H,5,8,11-12H2,1H3,(H,23,28). The third-order valence-electron chi connectivity index (χ3n) is 5.98. The molecule has 3 aromatic rings. The average molecular weight is 389 g/mol. The molecule has 1 aliphatic heterocycles. The molecule has 2 amide bonds. The fraction of sp³-hybridized carbons (Fsp3) is 0.364. The van der Waals surface area contributed by atoms with E-state index in [1.165, 1.54) is 0 Å². The van der Waals surface area contributed by atoms with E-state index in [0.717, 1.165) is 30.7 Å². The van der Waals surface area contributed by atoms with E-state index in [-0.39, 0.29) is 23.8 Å². The van der Waals surface area contributed by atoms with Crippen LogP contribution >= 0.6 is 0 Å². The highest BCUT2D eigenvalue weighted by Crippen LogP contribution is 2.38. The zero-order valence-electron chi connectivity index (χ0n) is 16.3. The molecule has 1 saturated carbocycles. The molecule has 2 fully saturated rings. The smallest absolute Gasteiger partial charge is 0.254 e. The van der Waals surface area contributed by atoms with Gasteiger partial charge in [-0.1, -0.05) is 19.1 Å². The van der Waals surface area contributed by atoms with E-state index in [2.05, 4.69) is 22.4 Å². The molecule has 148 valence electrons. The largest absolute Gasteiger partial charge is 0.328 e. The first-order chi connectivity index (χ1) is 14.1. The van der Waals surface area contributed by atoms with Crippen LogP contribution in [-0.2, 0) is 4.79 Å². The van der Waals surface area contributed by atoms with Gasteiger partial charge in [-0.2, -0.15) is 0 Å². The van der Waals surface area contributed by atoms with Gasteiger partial charge in [-0.3, -0.25) is 14.0 Å². The molecule has 2 aromatic heterocycles. The van der Waals surface area contributed by atoms with E-state index in [0.29, 0.717) is 23.7 Å². The Bertz CT molecular complexity index is 1090. The van der Waals surface area contributed by atoms with Crippen LogP contribution in [0.1, 0.15) is 48.4 Å². The van der Waals surface area contributed by atoms with Crippen LogP contribution in [0.25, 0.3) is 5.65 Å². The molecule has 7 nitrogen and oxygen atoms in total. The predicted octanol–water partition coefficient (Wildman–Crippen LogP) is 3.30. The molecule has 29 heavy (non-hydrogen) atoms. The normalized spacial score (nSPS) is 23.3. The number of aromatic nitrogens is 3. The molecule has 1 saturated heterocycles. The van der Waals surface area contributed by atoms with Gasteiger partial charge in [0.1, 0.15) is 0 Å². The molecule has 7 heteroatoms. The summed E-state index contributed by atoms with van der Waals surface area (Å²) in [6, 6.07) is 12.9. The molecule has 0 spiro atoms. The van der Waals surface area contributed by atoms with Crippen LogP contribution in [0.2, 0.25) is 0 Å². The maximum absolute atomic E-state index is 13.3. The van der Waals surface area contributed by atoms with E-state index < -0.39 is 0 Å². The van der Waals surface area contributed by atoms with Gasteiger partial charge in [0.05, 0.1) is 6.04 Å². The first-order valence-electron chi connectivity index (χ1n) is 10.1. The van der Waals surface area contributed by atoms with Crippen molar-refractivity contribution in [3.8, 4) is 0 Å². The van der Waals surface area contributed by atoms with E-state index in [9.17, 15) is 9.59 Å². The number of rotatable bonds is 4. The van der Waals surface area contributed by atoms with Gasteiger partial charge in [-0.25, -0.2) is 0 Å². The van der Waals surface area contributed by atoms with Crippen molar-refractivity contribution >= 4 is 23.1 Å².